The summed E-state index contributed by atoms with van der Waals surface area (Å²) in [5.74, 6) is -0.585. The number of rotatable bonds is 3. The fourth-order valence-electron chi connectivity index (χ4n) is 1.27. The van der Waals surface area contributed by atoms with E-state index in [4.69, 9.17) is 5.73 Å². The minimum Gasteiger partial charge on any atom is -0.324 e. The summed E-state index contributed by atoms with van der Waals surface area (Å²) in [4.78, 5) is 0. The molecular formula is C10H10BrF4N. The predicted octanol–water partition coefficient (Wildman–Crippen LogP) is 3.93. The molecule has 0 aromatic heterocycles. The van der Waals surface area contributed by atoms with E-state index in [1.54, 1.807) is 0 Å². The summed E-state index contributed by atoms with van der Waals surface area (Å²) < 4.78 is 49.7. The van der Waals surface area contributed by atoms with E-state index in [0.29, 0.717) is 4.47 Å². The maximum Gasteiger partial charge on any atom is 0.389 e. The molecule has 16 heavy (non-hydrogen) atoms. The summed E-state index contributed by atoms with van der Waals surface area (Å²) in [6.45, 7) is 0. The van der Waals surface area contributed by atoms with Gasteiger partial charge in [-0.2, -0.15) is 13.2 Å². The summed E-state index contributed by atoms with van der Waals surface area (Å²) in [5.41, 5.74) is 5.61. The smallest absolute Gasteiger partial charge is 0.324 e. The van der Waals surface area contributed by atoms with Gasteiger partial charge in [0.05, 0.1) is 0 Å². The molecule has 0 spiro atoms. The van der Waals surface area contributed by atoms with Crippen molar-refractivity contribution in [3.8, 4) is 0 Å². The lowest BCUT2D eigenvalue weighted by molar-refractivity contribution is -0.136. The van der Waals surface area contributed by atoms with Gasteiger partial charge in [-0.05, 0) is 24.6 Å². The third-order valence-corrected chi connectivity index (χ3v) is 2.59. The van der Waals surface area contributed by atoms with Crippen LogP contribution in [0, 0.1) is 5.82 Å². The van der Waals surface area contributed by atoms with Gasteiger partial charge in [-0.1, -0.05) is 15.9 Å². The normalized spacial score (nSPS) is 13.9. The van der Waals surface area contributed by atoms with Crippen molar-refractivity contribution in [1.82, 2.24) is 0 Å². The summed E-state index contributed by atoms with van der Waals surface area (Å²) in [5, 5.41) is 0. The van der Waals surface area contributed by atoms with E-state index in [1.165, 1.54) is 18.2 Å². The summed E-state index contributed by atoms with van der Waals surface area (Å²) in [6, 6.07) is 3.09. The molecule has 1 rings (SSSR count). The largest absolute Gasteiger partial charge is 0.389 e. The first-order chi connectivity index (χ1) is 7.29. The average Bonchev–Trinajstić information content (AvgIpc) is 2.17. The van der Waals surface area contributed by atoms with Crippen LogP contribution in [0.15, 0.2) is 22.7 Å². The standard InChI is InChI=1S/C10H10BrF4N/c11-6-1-2-8(12)7(5-6)9(16)3-4-10(13,14)15/h1-2,5,9H,3-4,16H2/t9-/m0/s1. The molecule has 0 saturated carbocycles. The van der Waals surface area contributed by atoms with Crippen molar-refractivity contribution in [1.29, 1.82) is 0 Å². The van der Waals surface area contributed by atoms with E-state index in [2.05, 4.69) is 15.9 Å². The first-order valence-corrected chi connectivity index (χ1v) is 5.36. The Bertz CT molecular complexity index is 364. The predicted molar refractivity (Wildman–Crippen MR) is 56.3 cm³/mol. The minimum absolute atomic E-state index is 0.0959. The van der Waals surface area contributed by atoms with Gasteiger partial charge >= 0.3 is 6.18 Å². The maximum absolute atomic E-state index is 13.3. The van der Waals surface area contributed by atoms with Crippen LogP contribution in [0.2, 0.25) is 0 Å². The molecule has 1 aromatic rings. The molecule has 0 amide bonds. The highest BCUT2D eigenvalue weighted by atomic mass is 79.9. The van der Waals surface area contributed by atoms with Crippen molar-refractivity contribution in [2.24, 2.45) is 5.73 Å². The topological polar surface area (TPSA) is 26.0 Å². The van der Waals surface area contributed by atoms with E-state index in [-0.39, 0.29) is 12.0 Å². The lowest BCUT2D eigenvalue weighted by Crippen LogP contribution is -2.16. The zero-order chi connectivity index (χ0) is 12.3. The van der Waals surface area contributed by atoms with Crippen LogP contribution < -0.4 is 5.73 Å². The van der Waals surface area contributed by atoms with Gasteiger partial charge in [0.2, 0.25) is 0 Å². The molecule has 1 atom stereocenters. The Hall–Kier alpha value is -0.620. The van der Waals surface area contributed by atoms with Gasteiger partial charge < -0.3 is 5.73 Å². The van der Waals surface area contributed by atoms with Crippen LogP contribution in [0.1, 0.15) is 24.4 Å². The minimum atomic E-state index is -4.26. The molecule has 1 aromatic carbocycles. The van der Waals surface area contributed by atoms with Gasteiger partial charge in [0.1, 0.15) is 5.82 Å². The number of halogens is 5. The van der Waals surface area contributed by atoms with Crippen molar-refractivity contribution < 1.29 is 17.6 Å². The molecular weight excluding hydrogens is 290 g/mol. The summed E-state index contributed by atoms with van der Waals surface area (Å²) in [6.07, 6.45) is -5.60. The highest BCUT2D eigenvalue weighted by Crippen LogP contribution is 2.28. The lowest BCUT2D eigenvalue weighted by Gasteiger charge is -2.14. The highest BCUT2D eigenvalue weighted by molar-refractivity contribution is 9.10. The van der Waals surface area contributed by atoms with Crippen molar-refractivity contribution in [3.63, 3.8) is 0 Å². The van der Waals surface area contributed by atoms with E-state index in [1.807, 2.05) is 0 Å². The number of nitrogens with two attached hydrogens (primary N) is 1. The molecule has 0 bridgehead atoms. The van der Waals surface area contributed by atoms with E-state index >= 15 is 0 Å². The van der Waals surface area contributed by atoms with Gasteiger partial charge in [-0.25, -0.2) is 4.39 Å². The van der Waals surface area contributed by atoms with Crippen LogP contribution >= 0.6 is 15.9 Å². The second kappa shape index (κ2) is 5.14. The van der Waals surface area contributed by atoms with Crippen LogP contribution in [0.3, 0.4) is 0 Å². The highest BCUT2D eigenvalue weighted by Gasteiger charge is 2.28. The van der Waals surface area contributed by atoms with Crippen molar-refractivity contribution in [2.45, 2.75) is 25.1 Å². The van der Waals surface area contributed by atoms with Gasteiger partial charge in [0, 0.05) is 22.5 Å². The van der Waals surface area contributed by atoms with Crippen molar-refractivity contribution in [2.75, 3.05) is 0 Å². The van der Waals surface area contributed by atoms with Crippen LogP contribution in [0.25, 0.3) is 0 Å². The van der Waals surface area contributed by atoms with Gasteiger partial charge in [-0.15, -0.1) is 0 Å². The van der Waals surface area contributed by atoms with Crippen LogP contribution in [-0.4, -0.2) is 6.18 Å². The molecule has 0 aliphatic carbocycles. The van der Waals surface area contributed by atoms with E-state index in [9.17, 15) is 17.6 Å². The summed E-state index contributed by atoms with van der Waals surface area (Å²) in [7, 11) is 0. The molecule has 0 unspecified atom stereocenters. The zero-order valence-corrected chi connectivity index (χ0v) is 9.78. The Morgan fingerprint density at radius 3 is 2.50 bits per heavy atom. The fraction of sp³-hybridized carbons (Fsp3) is 0.400. The quantitative estimate of drug-likeness (QED) is 0.841. The maximum atomic E-state index is 13.3. The van der Waals surface area contributed by atoms with Crippen LogP contribution in [-0.2, 0) is 0 Å². The monoisotopic (exact) mass is 299 g/mol. The molecule has 1 nitrogen and oxygen atoms in total. The van der Waals surface area contributed by atoms with Crippen LogP contribution in [0.4, 0.5) is 17.6 Å². The molecule has 2 N–H and O–H groups in total. The summed E-state index contributed by atoms with van der Waals surface area (Å²) >= 11 is 3.11. The van der Waals surface area contributed by atoms with Gasteiger partial charge in [0.25, 0.3) is 0 Å². The molecule has 6 heteroatoms. The van der Waals surface area contributed by atoms with E-state index < -0.39 is 24.5 Å². The Morgan fingerprint density at radius 1 is 1.31 bits per heavy atom. The molecule has 0 radical (unpaired) electrons. The number of hydrogen-bond donors (Lipinski definition) is 1. The average molecular weight is 300 g/mol. The number of alkyl halides is 3. The number of hydrogen-bond acceptors (Lipinski definition) is 1. The van der Waals surface area contributed by atoms with Crippen LogP contribution in [0.5, 0.6) is 0 Å². The van der Waals surface area contributed by atoms with Gasteiger partial charge in [0.15, 0.2) is 0 Å². The fourth-order valence-corrected chi connectivity index (χ4v) is 1.65. The molecule has 0 aliphatic rings. The Balaban J connectivity index is 2.73. The third kappa shape index (κ3) is 4.09. The molecule has 0 saturated heterocycles. The Labute approximate surface area is 98.8 Å². The zero-order valence-electron chi connectivity index (χ0n) is 8.19. The molecule has 90 valence electrons. The second-order valence-corrected chi connectivity index (χ2v) is 4.34. The molecule has 0 aliphatic heterocycles. The van der Waals surface area contributed by atoms with Gasteiger partial charge in [-0.3, -0.25) is 0 Å². The third-order valence-electron chi connectivity index (χ3n) is 2.10. The molecule has 0 heterocycles. The Kier molecular flexibility index (Phi) is 4.32. The SMILES string of the molecule is N[C@@H](CCC(F)(F)F)c1cc(Br)ccc1F. The Morgan fingerprint density at radius 2 is 1.94 bits per heavy atom. The molecule has 0 fully saturated rings. The lowest BCUT2D eigenvalue weighted by atomic mass is 10.0. The first kappa shape index (κ1) is 13.4. The van der Waals surface area contributed by atoms with Crippen molar-refractivity contribution >= 4 is 15.9 Å². The second-order valence-electron chi connectivity index (χ2n) is 3.43. The first-order valence-electron chi connectivity index (χ1n) is 4.57. The van der Waals surface area contributed by atoms with E-state index in [0.717, 1.165) is 0 Å². The van der Waals surface area contributed by atoms with Crippen molar-refractivity contribution in [3.05, 3.63) is 34.1 Å². The number of benzene rings is 1.